The van der Waals surface area contributed by atoms with Gasteiger partial charge in [0.25, 0.3) is 0 Å². The number of fused-ring (bicyclic) bond motifs is 6. The Hall–Kier alpha value is -7.56. The van der Waals surface area contributed by atoms with Gasteiger partial charge in [-0.2, -0.15) is 0 Å². The first-order chi connectivity index (χ1) is 35.8. The maximum atomic E-state index is 4.85. The number of hydrogen-bond donors (Lipinski definition) is 0. The van der Waals surface area contributed by atoms with E-state index in [0.717, 1.165) is 56.4 Å². The summed E-state index contributed by atoms with van der Waals surface area (Å²) in [5.41, 5.74) is 25.9. The van der Waals surface area contributed by atoms with Crippen LogP contribution >= 0.6 is 0 Å². The van der Waals surface area contributed by atoms with Gasteiger partial charge in [0.2, 0.25) is 0 Å². The second-order valence-electron chi connectivity index (χ2n) is 25.9. The molecular formula is C72H74N4. The van der Waals surface area contributed by atoms with Crippen LogP contribution in [0.5, 0.6) is 0 Å². The van der Waals surface area contributed by atoms with E-state index in [4.69, 9.17) is 9.97 Å². The van der Waals surface area contributed by atoms with E-state index in [9.17, 15) is 0 Å². The fourth-order valence-corrected chi connectivity index (χ4v) is 11.6. The van der Waals surface area contributed by atoms with E-state index >= 15 is 0 Å². The van der Waals surface area contributed by atoms with Crippen molar-refractivity contribution >= 4 is 43.6 Å². The van der Waals surface area contributed by atoms with Crippen LogP contribution in [-0.4, -0.2) is 19.1 Å². The molecule has 0 saturated heterocycles. The number of aromatic nitrogens is 4. The molecule has 4 aromatic heterocycles. The van der Waals surface area contributed by atoms with Crippen LogP contribution in [-0.2, 0) is 21.7 Å². The summed E-state index contributed by atoms with van der Waals surface area (Å²) in [6.07, 6.45) is 0. The van der Waals surface area contributed by atoms with Crippen LogP contribution in [0.1, 0.15) is 128 Å². The van der Waals surface area contributed by atoms with Gasteiger partial charge < -0.3 is 9.13 Å². The van der Waals surface area contributed by atoms with Crippen LogP contribution < -0.4 is 0 Å². The Morgan fingerprint density at radius 3 is 0.737 bits per heavy atom. The van der Waals surface area contributed by atoms with Gasteiger partial charge >= 0.3 is 0 Å². The Labute approximate surface area is 451 Å². The minimum Gasteiger partial charge on any atom is -0.309 e. The predicted molar refractivity (Wildman–Crippen MR) is 326 cm³/mol. The fourth-order valence-electron chi connectivity index (χ4n) is 11.6. The molecule has 0 atom stereocenters. The molecule has 11 aromatic rings. The zero-order valence-corrected chi connectivity index (χ0v) is 47.8. The molecule has 0 radical (unpaired) electrons. The third kappa shape index (κ3) is 9.14. The Balaban J connectivity index is 1.10. The Morgan fingerprint density at radius 2 is 0.500 bits per heavy atom. The molecule has 4 heteroatoms. The SMILES string of the molecule is Cc1cc(-c2cc(-c3ccc(-n4c5ccc(C(C)(C)C)cc5c5cc(C(C)(C)C)ccc54)cc3)c(-c3cc(C)nc(C)c3)cc2-c2ccc(-n3c4ccc(C(C)(C)C)cc4c4cc(C(C)(C)C)ccc43)cc2)cc(C)n1. The number of hydrogen-bond acceptors (Lipinski definition) is 2. The normalized spacial score (nSPS) is 12.7. The summed E-state index contributed by atoms with van der Waals surface area (Å²) in [5, 5.41) is 5.16. The summed E-state index contributed by atoms with van der Waals surface area (Å²) in [6.45, 7) is 36.0. The first-order valence-corrected chi connectivity index (χ1v) is 27.3. The zero-order chi connectivity index (χ0) is 54.0. The first kappa shape index (κ1) is 50.6. The molecule has 0 aliphatic heterocycles. The second-order valence-corrected chi connectivity index (χ2v) is 25.9. The van der Waals surface area contributed by atoms with Crippen molar-refractivity contribution in [2.24, 2.45) is 0 Å². The quantitative estimate of drug-likeness (QED) is 0.166. The van der Waals surface area contributed by atoms with Crippen molar-refractivity contribution < 1.29 is 0 Å². The van der Waals surface area contributed by atoms with Crippen molar-refractivity contribution in [2.75, 3.05) is 0 Å². The molecular weight excluding hydrogens is 921 g/mol. The Morgan fingerprint density at radius 1 is 0.263 bits per heavy atom. The molecule has 0 unspecified atom stereocenters. The highest BCUT2D eigenvalue weighted by molar-refractivity contribution is 6.11. The topological polar surface area (TPSA) is 35.6 Å². The summed E-state index contributed by atoms with van der Waals surface area (Å²) in [5.74, 6) is 0. The van der Waals surface area contributed by atoms with E-state index in [0.29, 0.717) is 0 Å². The summed E-state index contributed by atoms with van der Waals surface area (Å²) in [4.78, 5) is 9.71. The van der Waals surface area contributed by atoms with E-state index in [2.05, 4.69) is 278 Å². The van der Waals surface area contributed by atoms with Gasteiger partial charge in [0.05, 0.1) is 22.1 Å². The molecule has 0 fully saturated rings. The molecule has 0 saturated carbocycles. The lowest BCUT2D eigenvalue weighted by Gasteiger charge is -2.20. The first-order valence-electron chi connectivity index (χ1n) is 27.3. The summed E-state index contributed by atoms with van der Waals surface area (Å²) in [7, 11) is 0. The molecule has 7 aromatic carbocycles. The number of aryl methyl sites for hydroxylation is 4. The van der Waals surface area contributed by atoms with Gasteiger partial charge in [0.15, 0.2) is 0 Å². The summed E-state index contributed by atoms with van der Waals surface area (Å²) < 4.78 is 4.91. The average Bonchev–Trinajstić information content (AvgIpc) is 3.86. The minimum absolute atomic E-state index is 0.0302. The molecule has 0 spiro atoms. The van der Waals surface area contributed by atoms with E-state index < -0.39 is 0 Å². The highest BCUT2D eigenvalue weighted by Gasteiger charge is 2.25. The molecule has 0 N–H and O–H groups in total. The van der Waals surface area contributed by atoms with E-state index in [1.807, 2.05) is 0 Å². The van der Waals surface area contributed by atoms with Crippen molar-refractivity contribution in [1.29, 1.82) is 0 Å². The third-order valence-corrected chi connectivity index (χ3v) is 15.8. The van der Waals surface area contributed by atoms with Gasteiger partial charge in [-0.25, -0.2) is 0 Å². The third-order valence-electron chi connectivity index (χ3n) is 15.8. The van der Waals surface area contributed by atoms with Crippen LogP contribution in [0.4, 0.5) is 0 Å². The molecule has 4 heterocycles. The number of rotatable bonds is 6. The molecule has 11 rings (SSSR count). The van der Waals surface area contributed by atoms with Gasteiger partial charge in [-0.3, -0.25) is 9.97 Å². The molecule has 0 amide bonds. The van der Waals surface area contributed by atoms with Crippen molar-refractivity contribution in [3.05, 3.63) is 203 Å². The summed E-state index contributed by atoms with van der Waals surface area (Å²) in [6, 6.07) is 60.6. The number of pyridine rings is 2. The Bertz CT molecular complexity index is 3640. The van der Waals surface area contributed by atoms with Gasteiger partial charge in [-0.1, -0.05) is 132 Å². The van der Waals surface area contributed by atoms with Crippen LogP contribution in [0.3, 0.4) is 0 Å². The van der Waals surface area contributed by atoms with Gasteiger partial charge in [0, 0.05) is 55.7 Å². The second kappa shape index (κ2) is 18.0. The predicted octanol–water partition coefficient (Wildman–Crippen LogP) is 19.8. The number of nitrogens with zero attached hydrogens (tertiary/aromatic N) is 4. The monoisotopic (exact) mass is 995 g/mol. The van der Waals surface area contributed by atoms with Crippen molar-refractivity contribution in [3.63, 3.8) is 0 Å². The van der Waals surface area contributed by atoms with E-state index in [1.54, 1.807) is 0 Å². The van der Waals surface area contributed by atoms with Crippen LogP contribution in [0, 0.1) is 27.7 Å². The van der Waals surface area contributed by atoms with Gasteiger partial charge in [-0.05, 0) is 225 Å². The Kier molecular flexibility index (Phi) is 12.0. The average molecular weight is 995 g/mol. The lowest BCUT2D eigenvalue weighted by molar-refractivity contribution is 0.590. The molecule has 76 heavy (non-hydrogen) atoms. The molecule has 382 valence electrons. The van der Waals surface area contributed by atoms with E-state index in [1.165, 1.54) is 88.1 Å². The minimum atomic E-state index is 0.0302. The zero-order valence-electron chi connectivity index (χ0n) is 47.8. The maximum absolute atomic E-state index is 4.85. The van der Waals surface area contributed by atoms with Crippen molar-refractivity contribution in [2.45, 2.75) is 132 Å². The van der Waals surface area contributed by atoms with Gasteiger partial charge in [-0.15, -0.1) is 0 Å². The fraction of sp³-hybridized carbons (Fsp3) is 0.278. The van der Waals surface area contributed by atoms with Crippen molar-refractivity contribution in [3.8, 4) is 55.9 Å². The summed E-state index contributed by atoms with van der Waals surface area (Å²) >= 11 is 0. The van der Waals surface area contributed by atoms with Gasteiger partial charge in [0.1, 0.15) is 0 Å². The largest absolute Gasteiger partial charge is 0.309 e. The number of benzene rings is 7. The molecule has 0 bridgehead atoms. The van der Waals surface area contributed by atoms with Crippen LogP contribution in [0.2, 0.25) is 0 Å². The molecule has 4 nitrogen and oxygen atoms in total. The molecule has 0 aliphatic carbocycles. The maximum Gasteiger partial charge on any atom is 0.0541 e. The standard InChI is InChI=1S/C72H74N4/c1-43-33-49(34-44(2)73-43)59-41-58(48-19-27-56(28-20-48)76-67-31-23-53(71(11,12)13)39-63(67)64-40-54(72(14,15)16)24-32-68(64)76)60(50-35-45(3)74-46(4)36-50)42-57(59)47-17-25-55(26-18-47)75-65-29-21-51(69(5,6)7)37-61(65)62-38-52(70(8,9)10)22-30-66(62)75/h17-42H,1-16H3. The lowest BCUT2D eigenvalue weighted by Crippen LogP contribution is -2.10. The smallest absolute Gasteiger partial charge is 0.0541 e. The lowest BCUT2D eigenvalue weighted by atomic mass is 9.85. The van der Waals surface area contributed by atoms with Crippen molar-refractivity contribution in [1.82, 2.24) is 19.1 Å². The van der Waals surface area contributed by atoms with Crippen LogP contribution in [0.25, 0.3) is 99.5 Å². The van der Waals surface area contributed by atoms with E-state index in [-0.39, 0.29) is 21.7 Å². The molecule has 0 aliphatic rings. The highest BCUT2D eigenvalue weighted by Crippen LogP contribution is 2.45. The highest BCUT2D eigenvalue weighted by atomic mass is 15.0. The van der Waals surface area contributed by atoms with Crippen LogP contribution in [0.15, 0.2) is 158 Å².